The SMILES string of the molecule is CC1=CC[C@]2(C(=O)O)CC[C@]3(C)C(=CC[C@@H]4[C@@]5(C)CC[C@H](O)[C@@](O)(CO)[C@@H]5CC[C@]43C)[C@@H]2C1. The van der Waals surface area contributed by atoms with E-state index in [9.17, 15) is 25.2 Å². The van der Waals surface area contributed by atoms with Crippen LogP contribution >= 0.6 is 0 Å². The molecule has 0 bridgehead atoms. The zero-order valence-electron chi connectivity index (χ0n) is 20.7. The molecule has 0 aromatic heterocycles. The Morgan fingerprint density at radius 1 is 1.06 bits per heavy atom. The summed E-state index contributed by atoms with van der Waals surface area (Å²) in [6, 6.07) is 0. The molecule has 184 valence electrons. The third-order valence-corrected chi connectivity index (χ3v) is 12.1. The molecule has 0 spiro atoms. The van der Waals surface area contributed by atoms with E-state index in [1.807, 2.05) is 0 Å². The van der Waals surface area contributed by atoms with Crippen LogP contribution in [-0.4, -0.2) is 44.7 Å². The molecule has 0 aliphatic heterocycles. The molecule has 0 heterocycles. The number of fused-ring (bicyclic) bond motifs is 7. The maximum absolute atomic E-state index is 12.6. The van der Waals surface area contributed by atoms with Gasteiger partial charge in [-0.2, -0.15) is 0 Å². The second-order valence-electron chi connectivity index (χ2n) is 13.0. The molecule has 5 aliphatic carbocycles. The van der Waals surface area contributed by atoms with Crippen molar-refractivity contribution in [1.82, 2.24) is 0 Å². The molecule has 5 aliphatic rings. The van der Waals surface area contributed by atoms with Crippen LogP contribution in [0.5, 0.6) is 0 Å². The van der Waals surface area contributed by atoms with Gasteiger partial charge in [0.05, 0.1) is 18.1 Å². The van der Waals surface area contributed by atoms with E-state index in [4.69, 9.17) is 0 Å². The maximum atomic E-state index is 12.6. The van der Waals surface area contributed by atoms with Crippen molar-refractivity contribution in [2.45, 2.75) is 97.2 Å². The number of allylic oxidation sites excluding steroid dienone is 4. The van der Waals surface area contributed by atoms with Crippen LogP contribution in [0.4, 0.5) is 0 Å². The Labute approximate surface area is 198 Å². The van der Waals surface area contributed by atoms with Gasteiger partial charge in [0.1, 0.15) is 5.60 Å². The van der Waals surface area contributed by atoms with Crippen LogP contribution in [0.1, 0.15) is 85.5 Å². The van der Waals surface area contributed by atoms with Gasteiger partial charge in [0.15, 0.2) is 0 Å². The average Bonchev–Trinajstić information content (AvgIpc) is 2.77. The highest BCUT2D eigenvalue weighted by atomic mass is 16.4. The summed E-state index contributed by atoms with van der Waals surface area (Å²) in [5.41, 5.74) is 0.325. The summed E-state index contributed by atoms with van der Waals surface area (Å²) in [5.74, 6) is -0.376. The Morgan fingerprint density at radius 3 is 2.45 bits per heavy atom. The van der Waals surface area contributed by atoms with Crippen molar-refractivity contribution in [3.8, 4) is 0 Å². The van der Waals surface area contributed by atoms with Gasteiger partial charge in [-0.25, -0.2) is 0 Å². The molecule has 5 rings (SSSR count). The maximum Gasteiger partial charge on any atom is 0.310 e. The van der Waals surface area contributed by atoms with Crippen molar-refractivity contribution in [3.63, 3.8) is 0 Å². The fourth-order valence-electron chi connectivity index (χ4n) is 9.78. The topological polar surface area (TPSA) is 98.0 Å². The third-order valence-electron chi connectivity index (χ3n) is 12.1. The van der Waals surface area contributed by atoms with Crippen molar-refractivity contribution in [2.75, 3.05) is 6.61 Å². The summed E-state index contributed by atoms with van der Waals surface area (Å²) >= 11 is 0. The molecule has 33 heavy (non-hydrogen) atoms. The molecule has 0 aromatic carbocycles. The highest BCUT2D eigenvalue weighted by molar-refractivity contribution is 5.77. The Morgan fingerprint density at radius 2 is 1.79 bits per heavy atom. The molecule has 0 aromatic rings. The van der Waals surface area contributed by atoms with Crippen LogP contribution in [0.25, 0.3) is 0 Å². The summed E-state index contributed by atoms with van der Waals surface area (Å²) in [4.78, 5) is 12.6. The largest absolute Gasteiger partial charge is 0.481 e. The van der Waals surface area contributed by atoms with Crippen molar-refractivity contribution in [2.24, 2.45) is 39.4 Å². The van der Waals surface area contributed by atoms with Crippen molar-refractivity contribution < 1.29 is 25.2 Å². The van der Waals surface area contributed by atoms with E-state index >= 15 is 0 Å². The van der Waals surface area contributed by atoms with Crippen LogP contribution in [0.3, 0.4) is 0 Å². The van der Waals surface area contributed by atoms with Gasteiger partial charge in [-0.05, 0) is 92.8 Å². The lowest BCUT2D eigenvalue weighted by Gasteiger charge is -2.70. The van der Waals surface area contributed by atoms with Crippen LogP contribution in [0.2, 0.25) is 0 Å². The number of aliphatic carboxylic acids is 1. The number of carboxylic acid groups (broad SMARTS) is 1. The molecule has 5 nitrogen and oxygen atoms in total. The first-order valence-corrected chi connectivity index (χ1v) is 13.0. The van der Waals surface area contributed by atoms with Gasteiger partial charge in [0.25, 0.3) is 0 Å². The second-order valence-corrected chi connectivity index (χ2v) is 13.0. The van der Waals surface area contributed by atoms with Gasteiger partial charge in [0.2, 0.25) is 0 Å². The van der Waals surface area contributed by atoms with Crippen molar-refractivity contribution in [1.29, 1.82) is 0 Å². The van der Waals surface area contributed by atoms with E-state index in [2.05, 4.69) is 39.8 Å². The average molecular weight is 459 g/mol. The molecule has 0 unspecified atom stereocenters. The first kappa shape index (κ1) is 23.6. The van der Waals surface area contributed by atoms with Crippen LogP contribution < -0.4 is 0 Å². The fraction of sp³-hybridized carbons (Fsp3) is 0.821. The van der Waals surface area contributed by atoms with Crippen molar-refractivity contribution in [3.05, 3.63) is 23.3 Å². The van der Waals surface area contributed by atoms with Crippen LogP contribution in [0, 0.1) is 39.4 Å². The number of carboxylic acids is 1. The summed E-state index contributed by atoms with van der Waals surface area (Å²) in [7, 11) is 0. The number of hydrogen-bond donors (Lipinski definition) is 4. The normalized spacial score (nSPS) is 53.5. The summed E-state index contributed by atoms with van der Waals surface area (Å²) in [6.07, 6.45) is 10.7. The minimum Gasteiger partial charge on any atom is -0.481 e. The monoisotopic (exact) mass is 458 g/mol. The third kappa shape index (κ3) is 2.73. The smallest absolute Gasteiger partial charge is 0.310 e. The predicted molar refractivity (Wildman–Crippen MR) is 126 cm³/mol. The highest BCUT2D eigenvalue weighted by Gasteiger charge is 2.69. The predicted octanol–water partition coefficient (Wildman–Crippen LogP) is 4.46. The molecule has 4 N–H and O–H groups in total. The zero-order chi connectivity index (χ0) is 24.0. The number of hydrogen-bond acceptors (Lipinski definition) is 4. The van der Waals surface area contributed by atoms with Crippen LogP contribution in [0.15, 0.2) is 23.3 Å². The molecule has 5 heteroatoms. The first-order chi connectivity index (χ1) is 15.4. The molecule has 0 saturated heterocycles. The number of aliphatic hydroxyl groups is 3. The quantitative estimate of drug-likeness (QED) is 0.458. The standard InChI is InChI=1S/C28H42O5/c1-17-7-12-27(23(31)32)14-13-25(3)18(19(27)15-17)5-6-20-24(2)10-9-22(30)28(33,16-29)21(24)8-11-26(20,25)4/h5,7,19-22,29-30,33H,6,8-16H2,1-4H3,(H,31,32)/t19-,20+,21+,22-,24+,25+,26+,27-,28+/m0/s1. The zero-order valence-corrected chi connectivity index (χ0v) is 20.7. The fourth-order valence-corrected chi connectivity index (χ4v) is 9.78. The molecule has 9 atom stereocenters. The van der Waals surface area contributed by atoms with E-state index in [-0.39, 0.29) is 28.1 Å². The number of rotatable bonds is 2. The summed E-state index contributed by atoms with van der Waals surface area (Å²) in [6.45, 7) is 8.84. The molecule has 3 fully saturated rings. The molecule has 0 radical (unpaired) electrons. The Balaban J connectivity index is 1.60. The van der Waals surface area contributed by atoms with E-state index in [1.54, 1.807) is 0 Å². The second kappa shape index (κ2) is 7.18. The van der Waals surface area contributed by atoms with Gasteiger partial charge in [-0.1, -0.05) is 44.1 Å². The number of carbonyl (C=O) groups is 1. The molecule has 0 amide bonds. The van der Waals surface area contributed by atoms with Crippen molar-refractivity contribution >= 4 is 5.97 Å². The molecular formula is C28H42O5. The minimum atomic E-state index is -1.43. The van der Waals surface area contributed by atoms with Gasteiger partial charge >= 0.3 is 5.97 Å². The Hall–Kier alpha value is -1.17. The van der Waals surface area contributed by atoms with Crippen LogP contribution in [-0.2, 0) is 4.79 Å². The first-order valence-electron chi connectivity index (χ1n) is 13.0. The van der Waals surface area contributed by atoms with E-state index < -0.39 is 29.7 Å². The minimum absolute atomic E-state index is 0.000715. The highest BCUT2D eigenvalue weighted by Crippen LogP contribution is 2.74. The molecule has 3 saturated carbocycles. The number of aliphatic hydroxyl groups excluding tert-OH is 2. The van der Waals surface area contributed by atoms with E-state index in [0.717, 1.165) is 38.5 Å². The van der Waals surface area contributed by atoms with Gasteiger partial charge in [-0.3, -0.25) is 4.79 Å². The summed E-state index contributed by atoms with van der Waals surface area (Å²) in [5, 5.41) is 42.5. The van der Waals surface area contributed by atoms with E-state index in [0.29, 0.717) is 25.2 Å². The lowest BCUT2D eigenvalue weighted by Crippen LogP contribution is -2.68. The lowest BCUT2D eigenvalue weighted by molar-refractivity contribution is -0.249. The summed E-state index contributed by atoms with van der Waals surface area (Å²) < 4.78 is 0. The van der Waals surface area contributed by atoms with E-state index in [1.165, 1.54) is 11.1 Å². The van der Waals surface area contributed by atoms with Gasteiger partial charge in [0, 0.05) is 5.92 Å². The van der Waals surface area contributed by atoms with Gasteiger partial charge in [-0.15, -0.1) is 0 Å². The Kier molecular flexibility index (Phi) is 5.12. The molecular weight excluding hydrogens is 416 g/mol. The van der Waals surface area contributed by atoms with Gasteiger partial charge < -0.3 is 20.4 Å². The Bertz CT molecular complexity index is 923. The lowest BCUT2D eigenvalue weighted by atomic mass is 9.34.